The zero-order valence-corrected chi connectivity index (χ0v) is 35.2. The summed E-state index contributed by atoms with van der Waals surface area (Å²) < 4.78 is 457. The van der Waals surface area contributed by atoms with E-state index in [1.54, 1.807) is 0 Å². The predicted molar refractivity (Wildman–Crippen MR) is 182 cm³/mol. The molecule has 74 heavy (non-hydrogen) atoms. The first-order valence-corrected chi connectivity index (χ1v) is 19.3. The summed E-state index contributed by atoms with van der Waals surface area (Å²) in [5.74, 6) is -115. The minimum absolute atomic E-state index is 0.0262. The molecule has 0 saturated carbocycles. The second-order valence-corrected chi connectivity index (χ2v) is 15.5. The lowest BCUT2D eigenvalue weighted by Gasteiger charge is -2.42. The van der Waals surface area contributed by atoms with E-state index in [0.29, 0.717) is 11.1 Å². The summed E-state index contributed by atoms with van der Waals surface area (Å²) in [6, 6.07) is 5.15. The molecule has 0 aliphatic carbocycles. The molecule has 2 nitrogen and oxygen atoms in total. The molecule has 36 heteroatoms. The first-order valence-electron chi connectivity index (χ1n) is 19.3. The van der Waals surface area contributed by atoms with Crippen LogP contribution in [0.3, 0.4) is 0 Å². The van der Waals surface area contributed by atoms with Gasteiger partial charge < -0.3 is 0 Å². The van der Waals surface area contributed by atoms with E-state index in [9.17, 15) is 149 Å². The van der Waals surface area contributed by atoms with Crippen LogP contribution in [0.2, 0.25) is 0 Å². The third kappa shape index (κ3) is 10.9. The maximum Gasteiger partial charge on any atom is 0.460 e. The van der Waals surface area contributed by atoms with Gasteiger partial charge >= 0.3 is 95.3 Å². The quantitative estimate of drug-likeness (QED) is 0.0563. The van der Waals surface area contributed by atoms with E-state index in [2.05, 4.69) is 9.97 Å². The summed E-state index contributed by atoms with van der Waals surface area (Å²) in [5.41, 5.74) is 0.643. The van der Waals surface area contributed by atoms with Crippen LogP contribution < -0.4 is 0 Å². The van der Waals surface area contributed by atoms with Gasteiger partial charge in [0.25, 0.3) is 0 Å². The van der Waals surface area contributed by atoms with Gasteiger partial charge in [-0.3, -0.25) is 9.97 Å². The Morgan fingerprint density at radius 1 is 0.297 bits per heavy atom. The minimum Gasteiger partial charge on any atom is -0.255 e. The fourth-order valence-corrected chi connectivity index (χ4v) is 5.75. The number of hydrogen-bond donors (Lipinski definition) is 0. The van der Waals surface area contributed by atoms with Crippen molar-refractivity contribution in [3.8, 4) is 11.4 Å². The molecule has 0 unspecified atom stereocenters. The molecule has 2 aromatic rings. The van der Waals surface area contributed by atoms with Crippen molar-refractivity contribution in [2.24, 2.45) is 0 Å². The molecule has 0 bridgehead atoms. The van der Waals surface area contributed by atoms with Crippen molar-refractivity contribution in [3.63, 3.8) is 0 Å². The number of nitrogens with zero attached hydrogens (tertiary/aromatic N) is 2. The van der Waals surface area contributed by atoms with Crippen molar-refractivity contribution >= 4 is 0 Å². The number of pyridine rings is 2. The van der Waals surface area contributed by atoms with Crippen LogP contribution in [0, 0.1) is 0 Å². The molecule has 0 aliphatic heterocycles. The van der Waals surface area contributed by atoms with Crippen molar-refractivity contribution in [1.82, 2.24) is 9.97 Å². The Labute approximate surface area is 389 Å². The van der Waals surface area contributed by atoms with E-state index >= 15 is 0 Å². The number of aryl methyl sites for hydroxylation is 2. The van der Waals surface area contributed by atoms with Gasteiger partial charge in [-0.1, -0.05) is 12.2 Å². The standard InChI is InChI=1S/C38H26F34N2/c39-23(40,25(43,44)27(47,48)29(51,52)31(55,56)33(59,60)35(63,64)37(67,68)69)13-7-3-1-5-9-19-11-15-73-21(17-19)22-18-20(12-16-74-22)10-6-2-4-8-14-24(41,42)26(45,46)28(49,50)30(53,54)32(57,58)34(61,62)36(65,66)38(70,71)72/h7-8,11-18H,1-6,9-10H2/b13-7+,14-8+. The second kappa shape index (κ2) is 20.4. The number of allylic oxidation sites excluding steroid dienone is 4. The largest absolute Gasteiger partial charge is 0.460 e. The average molecular weight is 1160 g/mol. The Morgan fingerprint density at radius 3 is 0.770 bits per heavy atom. The van der Waals surface area contributed by atoms with Gasteiger partial charge in [0, 0.05) is 12.4 Å². The van der Waals surface area contributed by atoms with Gasteiger partial charge in [-0.25, -0.2) is 0 Å². The first kappa shape index (κ1) is 65.5. The van der Waals surface area contributed by atoms with E-state index in [0.717, 1.165) is 12.4 Å². The zero-order valence-electron chi connectivity index (χ0n) is 35.2. The smallest absolute Gasteiger partial charge is 0.255 e. The average Bonchev–Trinajstić information content (AvgIpc) is 3.24. The Morgan fingerprint density at radius 2 is 0.527 bits per heavy atom. The number of aromatic nitrogens is 2. The summed E-state index contributed by atoms with van der Waals surface area (Å²) in [6.45, 7) is 0. The van der Waals surface area contributed by atoms with Crippen LogP contribution in [0.15, 0.2) is 61.0 Å². The third-order valence-electron chi connectivity index (χ3n) is 10.2. The molecule has 0 spiro atoms. The second-order valence-electron chi connectivity index (χ2n) is 15.5. The van der Waals surface area contributed by atoms with Crippen LogP contribution in [0.1, 0.15) is 49.7 Å². The molecule has 0 atom stereocenters. The van der Waals surface area contributed by atoms with Gasteiger partial charge in [0.2, 0.25) is 0 Å². The summed E-state index contributed by atoms with van der Waals surface area (Å²) >= 11 is 0. The molecule has 0 saturated heterocycles. The molecule has 0 radical (unpaired) electrons. The van der Waals surface area contributed by atoms with E-state index in [1.165, 1.54) is 24.3 Å². The van der Waals surface area contributed by atoms with Gasteiger partial charge in [0.15, 0.2) is 0 Å². The highest BCUT2D eigenvalue weighted by Gasteiger charge is 2.96. The Kier molecular flexibility index (Phi) is 18.1. The minimum atomic E-state index is -8.78. The molecule has 2 aromatic heterocycles. The molecule has 2 rings (SSSR count). The predicted octanol–water partition coefficient (Wildman–Crippen LogP) is 16.7. The summed E-state index contributed by atoms with van der Waals surface area (Å²) in [6.07, 6.45) is -19.5. The fourth-order valence-electron chi connectivity index (χ4n) is 5.75. The summed E-state index contributed by atoms with van der Waals surface area (Å²) in [5, 5.41) is 0. The number of unbranched alkanes of at least 4 members (excludes halogenated alkanes) is 4. The fraction of sp³-hybridized carbons (Fsp3) is 0.632. The normalized spacial score (nSPS) is 15.8. The molecule has 0 N–H and O–H groups in total. The number of halogens is 34. The van der Waals surface area contributed by atoms with Crippen LogP contribution in [-0.2, 0) is 12.8 Å². The van der Waals surface area contributed by atoms with Crippen LogP contribution in [0.5, 0.6) is 0 Å². The maximum atomic E-state index is 14.1. The topological polar surface area (TPSA) is 25.8 Å². The third-order valence-corrected chi connectivity index (χ3v) is 10.2. The maximum absolute atomic E-state index is 14.1. The van der Waals surface area contributed by atoms with Crippen molar-refractivity contribution in [1.29, 1.82) is 0 Å². The molecule has 2 heterocycles. The van der Waals surface area contributed by atoms with Crippen molar-refractivity contribution in [3.05, 3.63) is 72.1 Å². The van der Waals surface area contributed by atoms with Gasteiger partial charge in [-0.2, -0.15) is 149 Å². The van der Waals surface area contributed by atoms with E-state index < -0.39 is 133 Å². The Bertz CT molecular complexity index is 2110. The molecule has 0 aromatic carbocycles. The highest BCUT2D eigenvalue weighted by Crippen LogP contribution is 2.66. The summed E-state index contributed by atoms with van der Waals surface area (Å²) in [4.78, 5) is 7.94. The van der Waals surface area contributed by atoms with Crippen LogP contribution in [-0.4, -0.2) is 105 Å². The Balaban J connectivity index is 2.09. The number of alkyl halides is 34. The lowest BCUT2D eigenvalue weighted by molar-refractivity contribution is -0.459. The van der Waals surface area contributed by atoms with Gasteiger partial charge in [0.1, 0.15) is 0 Å². The van der Waals surface area contributed by atoms with Gasteiger partial charge in [-0.05, 0) is 98.9 Å². The van der Waals surface area contributed by atoms with Crippen molar-refractivity contribution in [2.75, 3.05) is 0 Å². The van der Waals surface area contributed by atoms with E-state index in [1.807, 2.05) is 0 Å². The highest BCUT2D eigenvalue weighted by atomic mass is 19.4. The summed E-state index contributed by atoms with van der Waals surface area (Å²) in [7, 11) is 0. The molecule has 426 valence electrons. The number of rotatable bonds is 25. The van der Waals surface area contributed by atoms with E-state index in [4.69, 9.17) is 0 Å². The molecular formula is C38H26F34N2. The van der Waals surface area contributed by atoms with Gasteiger partial charge in [-0.15, -0.1) is 0 Å². The number of hydrogen-bond acceptors (Lipinski definition) is 2. The molecule has 0 amide bonds. The zero-order chi connectivity index (χ0) is 58.5. The van der Waals surface area contributed by atoms with Crippen LogP contribution >= 0.6 is 0 Å². The van der Waals surface area contributed by atoms with Crippen molar-refractivity contribution in [2.45, 2.75) is 147 Å². The highest BCUT2D eigenvalue weighted by molar-refractivity contribution is 5.55. The lowest BCUT2D eigenvalue weighted by Crippen LogP contribution is -2.74. The molecule has 0 fully saturated rings. The lowest BCUT2D eigenvalue weighted by atomic mass is 9.89. The first-order chi connectivity index (χ1) is 32.6. The van der Waals surface area contributed by atoms with E-state index in [-0.39, 0.29) is 49.2 Å². The van der Waals surface area contributed by atoms with Crippen LogP contribution in [0.25, 0.3) is 11.4 Å². The molecule has 0 aliphatic rings. The monoisotopic (exact) mass is 1160 g/mol. The van der Waals surface area contributed by atoms with Crippen molar-refractivity contribution < 1.29 is 149 Å². The van der Waals surface area contributed by atoms with Crippen LogP contribution in [0.4, 0.5) is 149 Å². The SMILES string of the molecule is FC(F)(F)C(F)(F)C(F)(F)C(F)(F)C(F)(F)C(F)(F)C(F)(F)C(F)(F)/C=C/CCCCc1ccnc(-c2cc(CCCC/C=C/C(F)(F)C(F)(F)C(F)(F)C(F)(F)C(F)(F)C(F)(F)C(F)(F)C(F)(F)F)ccn2)c1. The molecular weight excluding hydrogens is 1130 g/mol. The van der Waals surface area contributed by atoms with Gasteiger partial charge in [0.05, 0.1) is 11.4 Å². The Hall–Kier alpha value is -4.60.